The zero-order valence-electron chi connectivity index (χ0n) is 23.2. The predicted octanol–water partition coefficient (Wildman–Crippen LogP) is 5.33. The van der Waals surface area contributed by atoms with E-state index in [1.165, 1.54) is 17.7 Å². The zero-order valence-corrected chi connectivity index (χ0v) is 24.7. The Hall–Kier alpha value is -4.48. The van der Waals surface area contributed by atoms with E-state index in [2.05, 4.69) is 4.99 Å². The van der Waals surface area contributed by atoms with Crippen LogP contribution in [0.5, 0.6) is 5.75 Å². The summed E-state index contributed by atoms with van der Waals surface area (Å²) in [5, 5.41) is 11.8. The Morgan fingerprint density at radius 2 is 2.02 bits per heavy atom. The Morgan fingerprint density at radius 1 is 1.24 bits per heavy atom. The molecule has 0 unspecified atom stereocenters. The van der Waals surface area contributed by atoms with Crippen LogP contribution in [0, 0.1) is 17.0 Å². The molecule has 42 heavy (non-hydrogen) atoms. The number of fused-ring (bicyclic) bond motifs is 1. The Kier molecular flexibility index (Phi) is 8.15. The summed E-state index contributed by atoms with van der Waals surface area (Å²) in [5.41, 5.74) is 1.76. The maximum absolute atomic E-state index is 13.9. The third-order valence-electron chi connectivity index (χ3n) is 6.82. The van der Waals surface area contributed by atoms with Crippen LogP contribution in [0.2, 0.25) is 5.02 Å². The molecule has 1 atom stereocenters. The molecule has 0 amide bonds. The van der Waals surface area contributed by atoms with Gasteiger partial charge in [0, 0.05) is 33.9 Å². The van der Waals surface area contributed by atoms with Gasteiger partial charge in [-0.25, -0.2) is 9.79 Å². The molecule has 216 valence electrons. The summed E-state index contributed by atoms with van der Waals surface area (Å²) in [4.78, 5) is 42.9. The number of ether oxygens (including phenoxy) is 2. The highest BCUT2D eigenvalue weighted by atomic mass is 35.5. The number of carbonyl (C=O) groups is 1. The number of furan rings is 1. The molecule has 0 saturated heterocycles. The van der Waals surface area contributed by atoms with E-state index in [9.17, 15) is 19.7 Å². The molecule has 0 aliphatic carbocycles. The van der Waals surface area contributed by atoms with Crippen molar-refractivity contribution in [3.63, 3.8) is 0 Å². The van der Waals surface area contributed by atoms with Crippen molar-refractivity contribution in [1.29, 1.82) is 0 Å². The Balaban J connectivity index is 1.66. The van der Waals surface area contributed by atoms with Crippen LogP contribution in [-0.2, 0) is 9.53 Å². The Morgan fingerprint density at radius 3 is 2.74 bits per heavy atom. The van der Waals surface area contributed by atoms with Gasteiger partial charge in [0.25, 0.3) is 11.2 Å². The monoisotopic (exact) mass is 607 g/mol. The van der Waals surface area contributed by atoms with Crippen LogP contribution in [0.15, 0.2) is 74.0 Å². The highest BCUT2D eigenvalue weighted by Crippen LogP contribution is 2.37. The van der Waals surface area contributed by atoms with Gasteiger partial charge in [-0.05, 0) is 50.6 Å². The summed E-state index contributed by atoms with van der Waals surface area (Å²) in [6.07, 6.45) is 2.34. The minimum Gasteiger partial charge on any atom is -0.493 e. The van der Waals surface area contributed by atoms with Gasteiger partial charge in [0.05, 0.1) is 34.4 Å². The van der Waals surface area contributed by atoms with E-state index in [0.29, 0.717) is 60.6 Å². The molecule has 1 aliphatic rings. The van der Waals surface area contributed by atoms with Gasteiger partial charge in [0.15, 0.2) is 4.80 Å². The van der Waals surface area contributed by atoms with Crippen LogP contribution in [0.4, 0.5) is 5.69 Å². The number of thiazole rings is 1. The highest BCUT2D eigenvalue weighted by Gasteiger charge is 2.35. The number of rotatable bonds is 8. The minimum atomic E-state index is -0.902. The number of hydrogen-bond acceptors (Lipinski definition) is 9. The summed E-state index contributed by atoms with van der Waals surface area (Å²) in [5.74, 6) is 0.657. The van der Waals surface area contributed by atoms with Crippen LogP contribution in [0.3, 0.4) is 0 Å². The van der Waals surface area contributed by atoms with E-state index in [4.69, 9.17) is 25.5 Å². The van der Waals surface area contributed by atoms with E-state index < -0.39 is 22.5 Å². The molecule has 1 aliphatic heterocycles. The first-order valence-corrected chi connectivity index (χ1v) is 14.2. The molecule has 0 saturated carbocycles. The van der Waals surface area contributed by atoms with Crippen molar-refractivity contribution in [1.82, 2.24) is 4.57 Å². The lowest BCUT2D eigenvalue weighted by atomic mass is 9.95. The molecule has 0 radical (unpaired) electrons. The Labute approximate surface area is 248 Å². The third kappa shape index (κ3) is 5.28. The molecule has 3 heterocycles. The van der Waals surface area contributed by atoms with Gasteiger partial charge < -0.3 is 13.9 Å². The van der Waals surface area contributed by atoms with Crippen LogP contribution in [0.1, 0.15) is 43.2 Å². The molecule has 5 rings (SSSR count). The molecule has 0 N–H and O–H groups in total. The average molecular weight is 608 g/mol. The van der Waals surface area contributed by atoms with Gasteiger partial charge in [0.2, 0.25) is 0 Å². The lowest BCUT2D eigenvalue weighted by Gasteiger charge is -2.26. The second kappa shape index (κ2) is 11.8. The largest absolute Gasteiger partial charge is 0.493 e. The van der Waals surface area contributed by atoms with E-state index in [0.717, 1.165) is 17.8 Å². The standard InChI is InChI=1S/C30H26ClN3O7S/c1-5-13-40-23-11-9-18(31)14-21(23)27-26(29(36)39-4)17(3)32-30-33(27)28(35)25(42-30)15-19-10-12-24(41-19)20-7-6-8-22(16(20)2)34(37)38/h6-12,14-15,27H,5,13H2,1-4H3/b25-15+/t27-/m1/s1. The van der Waals surface area contributed by atoms with Crippen molar-refractivity contribution in [3.8, 4) is 17.1 Å². The quantitative estimate of drug-likeness (QED) is 0.151. The van der Waals surface area contributed by atoms with E-state index in [1.54, 1.807) is 62.4 Å². The summed E-state index contributed by atoms with van der Waals surface area (Å²) in [6, 6.07) is 12.3. The molecule has 4 aromatic rings. The average Bonchev–Trinajstić information content (AvgIpc) is 3.55. The number of esters is 1. The van der Waals surface area contributed by atoms with Gasteiger partial charge in [0.1, 0.15) is 23.3 Å². The summed E-state index contributed by atoms with van der Waals surface area (Å²) in [6.45, 7) is 5.75. The highest BCUT2D eigenvalue weighted by molar-refractivity contribution is 7.07. The number of nitro benzene ring substituents is 1. The molecule has 0 spiro atoms. The first-order chi connectivity index (χ1) is 20.1. The van der Waals surface area contributed by atoms with Gasteiger partial charge in [-0.15, -0.1) is 0 Å². The summed E-state index contributed by atoms with van der Waals surface area (Å²) >= 11 is 7.53. The van der Waals surface area contributed by atoms with Crippen LogP contribution >= 0.6 is 22.9 Å². The number of hydrogen-bond donors (Lipinski definition) is 0. The van der Waals surface area contributed by atoms with Crippen molar-refractivity contribution in [2.75, 3.05) is 13.7 Å². The fraction of sp³-hybridized carbons (Fsp3) is 0.233. The lowest BCUT2D eigenvalue weighted by molar-refractivity contribution is -0.385. The molecular weight excluding hydrogens is 582 g/mol. The first-order valence-electron chi connectivity index (χ1n) is 13.0. The fourth-order valence-electron chi connectivity index (χ4n) is 4.86. The molecular formula is C30H26ClN3O7S. The van der Waals surface area contributed by atoms with Gasteiger partial charge in [-0.2, -0.15) is 0 Å². The maximum atomic E-state index is 13.9. The predicted molar refractivity (Wildman–Crippen MR) is 159 cm³/mol. The normalized spacial score (nSPS) is 14.9. The summed E-state index contributed by atoms with van der Waals surface area (Å²) < 4.78 is 18.8. The fourth-order valence-corrected chi connectivity index (χ4v) is 6.06. The SMILES string of the molecule is CCCOc1ccc(Cl)cc1[C@@H]1C(C(=O)OC)=C(C)N=c2s/c(=C/c3ccc(-c4cccc([N+](=O)[O-])c4C)o3)c(=O)n21. The topological polar surface area (TPSA) is 126 Å². The van der Waals surface area contributed by atoms with Crippen LogP contribution in [-0.4, -0.2) is 29.2 Å². The van der Waals surface area contributed by atoms with Crippen LogP contribution < -0.4 is 19.6 Å². The first kappa shape index (κ1) is 29.0. The molecule has 2 aromatic heterocycles. The smallest absolute Gasteiger partial charge is 0.338 e. The molecule has 2 aromatic carbocycles. The maximum Gasteiger partial charge on any atom is 0.338 e. The number of nitrogens with zero attached hydrogens (tertiary/aromatic N) is 3. The second-order valence-electron chi connectivity index (χ2n) is 9.51. The zero-order chi connectivity index (χ0) is 30.1. The van der Waals surface area contributed by atoms with Gasteiger partial charge in [-0.1, -0.05) is 42.0 Å². The molecule has 10 nitrogen and oxygen atoms in total. The van der Waals surface area contributed by atoms with Crippen molar-refractivity contribution in [2.24, 2.45) is 4.99 Å². The van der Waals surface area contributed by atoms with Gasteiger partial charge in [-0.3, -0.25) is 19.5 Å². The van der Waals surface area contributed by atoms with Crippen LogP contribution in [0.25, 0.3) is 17.4 Å². The minimum absolute atomic E-state index is 0.0150. The number of carbonyl (C=O) groups excluding carboxylic acids is 1. The number of methoxy groups -OCH3 is 1. The molecule has 0 fully saturated rings. The van der Waals surface area contributed by atoms with Crippen molar-refractivity contribution in [2.45, 2.75) is 33.2 Å². The van der Waals surface area contributed by atoms with Crippen molar-refractivity contribution < 1.29 is 23.6 Å². The number of aromatic nitrogens is 1. The molecule has 0 bridgehead atoms. The number of halogens is 1. The van der Waals surface area contributed by atoms with E-state index in [-0.39, 0.29) is 11.3 Å². The second-order valence-corrected chi connectivity index (χ2v) is 11.0. The van der Waals surface area contributed by atoms with Crippen molar-refractivity contribution in [3.05, 3.63) is 112 Å². The Bertz CT molecular complexity index is 1940. The lowest BCUT2D eigenvalue weighted by Crippen LogP contribution is -2.40. The van der Waals surface area contributed by atoms with E-state index >= 15 is 0 Å². The summed E-state index contributed by atoms with van der Waals surface area (Å²) in [7, 11) is 1.27. The van der Waals surface area contributed by atoms with Gasteiger partial charge >= 0.3 is 5.97 Å². The van der Waals surface area contributed by atoms with E-state index in [1.807, 2.05) is 6.92 Å². The number of allylic oxidation sites excluding steroid dienone is 1. The molecule has 12 heteroatoms. The van der Waals surface area contributed by atoms with Crippen molar-refractivity contribution >= 4 is 40.7 Å². The number of nitro groups is 1. The number of benzene rings is 2. The third-order valence-corrected chi connectivity index (χ3v) is 8.04.